The molecule has 3 nitrogen and oxygen atoms in total. The molecular weight excluding hydrogens is 280 g/mol. The van der Waals surface area contributed by atoms with Gasteiger partial charge in [-0.15, -0.1) is 11.3 Å². The van der Waals surface area contributed by atoms with Gasteiger partial charge in [0.05, 0.1) is 5.51 Å². The van der Waals surface area contributed by atoms with E-state index in [1.807, 2.05) is 5.38 Å². The van der Waals surface area contributed by atoms with Crippen LogP contribution in [0.3, 0.4) is 0 Å². The topological polar surface area (TPSA) is 37.8 Å². The molecule has 0 radical (unpaired) electrons. The summed E-state index contributed by atoms with van der Waals surface area (Å²) in [4.78, 5) is 8.24. The second-order valence-corrected chi connectivity index (χ2v) is 4.75. The predicted molar refractivity (Wildman–Crippen MR) is 75.0 cm³/mol. The van der Waals surface area contributed by atoms with Gasteiger partial charge in [0.2, 0.25) is 0 Å². The third-order valence-corrected chi connectivity index (χ3v) is 3.30. The Morgan fingerprint density at radius 1 is 1.00 bits per heavy atom. The molecule has 1 aromatic carbocycles. The van der Waals surface area contributed by atoms with E-state index in [9.17, 15) is 8.78 Å². The Bertz CT molecular complexity index is 712. The number of benzene rings is 1. The van der Waals surface area contributed by atoms with Crippen LogP contribution in [0.1, 0.15) is 0 Å². The van der Waals surface area contributed by atoms with Crippen molar-refractivity contribution in [3.63, 3.8) is 0 Å². The summed E-state index contributed by atoms with van der Waals surface area (Å²) in [5.41, 5.74) is 2.42. The van der Waals surface area contributed by atoms with Crippen molar-refractivity contribution in [2.75, 3.05) is 5.32 Å². The number of halogens is 2. The molecule has 20 heavy (non-hydrogen) atoms. The Morgan fingerprint density at radius 2 is 1.90 bits per heavy atom. The minimum absolute atomic E-state index is 0.192. The van der Waals surface area contributed by atoms with Crippen LogP contribution < -0.4 is 5.32 Å². The highest BCUT2D eigenvalue weighted by atomic mass is 32.1. The van der Waals surface area contributed by atoms with Crippen molar-refractivity contribution >= 4 is 23.0 Å². The van der Waals surface area contributed by atoms with Crippen LogP contribution in [0.5, 0.6) is 0 Å². The summed E-state index contributed by atoms with van der Waals surface area (Å²) in [7, 11) is 0. The molecule has 2 heterocycles. The lowest BCUT2D eigenvalue weighted by Crippen LogP contribution is -1.94. The van der Waals surface area contributed by atoms with Crippen LogP contribution in [0.25, 0.3) is 11.1 Å². The summed E-state index contributed by atoms with van der Waals surface area (Å²) in [6.45, 7) is 0. The standard InChI is InChI=1S/C14H9F2N3S/c15-11-3-1-2-10(14(11)16)9-4-5-12(17-6-9)19-13-7-20-8-18-13/h1-8H,(H,17,19). The van der Waals surface area contributed by atoms with Gasteiger partial charge < -0.3 is 5.32 Å². The maximum absolute atomic E-state index is 13.7. The molecule has 0 atom stereocenters. The van der Waals surface area contributed by atoms with Gasteiger partial charge in [0.15, 0.2) is 11.6 Å². The first-order chi connectivity index (χ1) is 9.74. The summed E-state index contributed by atoms with van der Waals surface area (Å²) in [5, 5.41) is 4.86. The summed E-state index contributed by atoms with van der Waals surface area (Å²) in [6.07, 6.45) is 1.49. The molecule has 2 aromatic heterocycles. The number of pyridine rings is 1. The maximum atomic E-state index is 13.7. The number of rotatable bonds is 3. The molecule has 0 aliphatic carbocycles. The van der Waals surface area contributed by atoms with Crippen LogP contribution in [0.2, 0.25) is 0 Å². The zero-order chi connectivity index (χ0) is 13.9. The Balaban J connectivity index is 1.87. The number of aromatic nitrogens is 2. The van der Waals surface area contributed by atoms with Crippen molar-refractivity contribution in [2.45, 2.75) is 0 Å². The fourth-order valence-electron chi connectivity index (χ4n) is 1.76. The molecule has 0 aliphatic heterocycles. The number of nitrogens with one attached hydrogen (secondary N) is 1. The zero-order valence-electron chi connectivity index (χ0n) is 10.2. The van der Waals surface area contributed by atoms with E-state index in [1.54, 1.807) is 17.6 Å². The molecule has 3 aromatic rings. The van der Waals surface area contributed by atoms with E-state index in [4.69, 9.17) is 0 Å². The molecule has 0 bridgehead atoms. The van der Waals surface area contributed by atoms with E-state index in [0.29, 0.717) is 17.2 Å². The van der Waals surface area contributed by atoms with E-state index >= 15 is 0 Å². The number of hydrogen-bond acceptors (Lipinski definition) is 4. The highest BCUT2D eigenvalue weighted by Gasteiger charge is 2.09. The lowest BCUT2D eigenvalue weighted by molar-refractivity contribution is 0.511. The molecular formula is C14H9F2N3S. The number of nitrogens with zero attached hydrogens (tertiary/aromatic N) is 2. The minimum atomic E-state index is -0.868. The van der Waals surface area contributed by atoms with Gasteiger partial charge in [0.1, 0.15) is 11.6 Å². The quantitative estimate of drug-likeness (QED) is 0.784. The largest absolute Gasteiger partial charge is 0.324 e. The van der Waals surface area contributed by atoms with Crippen LogP contribution in [0.15, 0.2) is 47.4 Å². The van der Waals surface area contributed by atoms with E-state index < -0.39 is 11.6 Å². The summed E-state index contributed by atoms with van der Waals surface area (Å²) >= 11 is 1.47. The average Bonchev–Trinajstić information content (AvgIpc) is 2.96. The average molecular weight is 289 g/mol. The maximum Gasteiger partial charge on any atom is 0.166 e. The second kappa shape index (κ2) is 5.34. The summed E-state index contributed by atoms with van der Waals surface area (Å²) < 4.78 is 26.8. The van der Waals surface area contributed by atoms with Gasteiger partial charge in [0.25, 0.3) is 0 Å². The van der Waals surface area contributed by atoms with E-state index in [-0.39, 0.29) is 5.56 Å². The molecule has 100 valence electrons. The van der Waals surface area contributed by atoms with Gasteiger partial charge in [-0.05, 0) is 18.2 Å². The molecule has 0 fully saturated rings. The Labute approximate surface area is 118 Å². The number of anilines is 2. The van der Waals surface area contributed by atoms with Gasteiger partial charge >= 0.3 is 0 Å². The lowest BCUT2D eigenvalue weighted by Gasteiger charge is -2.06. The van der Waals surface area contributed by atoms with Gasteiger partial charge in [0, 0.05) is 22.7 Å². The zero-order valence-corrected chi connectivity index (χ0v) is 11.0. The normalized spacial score (nSPS) is 10.5. The van der Waals surface area contributed by atoms with Crippen molar-refractivity contribution in [1.29, 1.82) is 0 Å². The van der Waals surface area contributed by atoms with Crippen LogP contribution in [0, 0.1) is 11.6 Å². The minimum Gasteiger partial charge on any atom is -0.324 e. The van der Waals surface area contributed by atoms with Gasteiger partial charge in [-0.1, -0.05) is 12.1 Å². The fraction of sp³-hybridized carbons (Fsp3) is 0. The van der Waals surface area contributed by atoms with Crippen molar-refractivity contribution < 1.29 is 8.78 Å². The highest BCUT2D eigenvalue weighted by molar-refractivity contribution is 7.07. The van der Waals surface area contributed by atoms with Crippen molar-refractivity contribution in [1.82, 2.24) is 9.97 Å². The van der Waals surface area contributed by atoms with Gasteiger partial charge in [-0.25, -0.2) is 18.7 Å². The molecule has 3 rings (SSSR count). The first-order valence-corrected chi connectivity index (χ1v) is 6.74. The fourth-order valence-corrected chi connectivity index (χ4v) is 2.24. The van der Waals surface area contributed by atoms with Crippen molar-refractivity contribution in [3.8, 4) is 11.1 Å². The number of hydrogen-bond donors (Lipinski definition) is 1. The predicted octanol–water partition coefficient (Wildman–Crippen LogP) is 4.23. The molecule has 0 aliphatic rings. The molecule has 0 saturated heterocycles. The number of thiazole rings is 1. The Hall–Kier alpha value is -2.34. The molecule has 0 amide bonds. The monoisotopic (exact) mass is 289 g/mol. The highest BCUT2D eigenvalue weighted by Crippen LogP contribution is 2.25. The van der Waals surface area contributed by atoms with E-state index in [2.05, 4.69) is 15.3 Å². The SMILES string of the molecule is Fc1cccc(-c2ccc(Nc3cscn3)nc2)c1F. The first kappa shape index (κ1) is 12.7. The van der Waals surface area contributed by atoms with Crippen LogP contribution >= 0.6 is 11.3 Å². The van der Waals surface area contributed by atoms with E-state index in [1.165, 1.54) is 29.7 Å². The first-order valence-electron chi connectivity index (χ1n) is 5.80. The smallest absolute Gasteiger partial charge is 0.166 e. The Morgan fingerprint density at radius 3 is 2.60 bits per heavy atom. The van der Waals surface area contributed by atoms with Gasteiger partial charge in [-0.3, -0.25) is 0 Å². The summed E-state index contributed by atoms with van der Waals surface area (Å²) in [5.74, 6) is -0.440. The molecule has 0 saturated carbocycles. The molecule has 6 heteroatoms. The summed E-state index contributed by atoms with van der Waals surface area (Å²) in [6, 6.07) is 7.45. The molecule has 0 unspecified atom stereocenters. The van der Waals surface area contributed by atoms with Crippen molar-refractivity contribution in [3.05, 3.63) is 59.1 Å². The van der Waals surface area contributed by atoms with Crippen LogP contribution in [-0.2, 0) is 0 Å². The van der Waals surface area contributed by atoms with Crippen LogP contribution in [0.4, 0.5) is 20.4 Å². The Kier molecular flexibility index (Phi) is 3.39. The van der Waals surface area contributed by atoms with Crippen LogP contribution in [-0.4, -0.2) is 9.97 Å². The third-order valence-electron chi connectivity index (χ3n) is 2.71. The van der Waals surface area contributed by atoms with E-state index in [0.717, 1.165) is 6.07 Å². The molecule has 1 N–H and O–H groups in total. The second-order valence-electron chi connectivity index (χ2n) is 4.03. The molecule has 0 spiro atoms. The van der Waals surface area contributed by atoms with Gasteiger partial charge in [-0.2, -0.15) is 0 Å². The lowest BCUT2D eigenvalue weighted by atomic mass is 10.1. The third kappa shape index (κ3) is 2.50. The van der Waals surface area contributed by atoms with Crippen molar-refractivity contribution in [2.24, 2.45) is 0 Å².